The lowest BCUT2D eigenvalue weighted by Crippen LogP contribution is -2.06. The average Bonchev–Trinajstić information content (AvgIpc) is 2.18. The van der Waals surface area contributed by atoms with Crippen LogP contribution in [0, 0.1) is 11.8 Å². The van der Waals surface area contributed by atoms with E-state index in [9.17, 15) is 0 Å². The molecule has 0 amide bonds. The number of hydrogen-bond donors (Lipinski definition) is 0. The Labute approximate surface area is 82.7 Å². The van der Waals surface area contributed by atoms with Crippen molar-refractivity contribution in [2.45, 2.75) is 46.5 Å². The second-order valence-electron chi connectivity index (χ2n) is 4.14. The fourth-order valence-corrected chi connectivity index (χ4v) is 1.90. The standard InChI is InChI=1S/C13H22/c1-4-11(3)10-13-9-7-6-8-12(13)5-2/h7,9-12H,4-6,8H2,1-3H3/b13-10-. The third kappa shape index (κ3) is 3.02. The minimum absolute atomic E-state index is 0.742. The molecule has 0 saturated carbocycles. The predicted molar refractivity (Wildman–Crippen MR) is 59.7 cm³/mol. The Kier molecular flexibility index (Phi) is 4.27. The highest BCUT2D eigenvalue weighted by molar-refractivity contribution is 5.25. The van der Waals surface area contributed by atoms with Gasteiger partial charge in [0.05, 0.1) is 0 Å². The molecule has 0 heteroatoms. The van der Waals surface area contributed by atoms with Crippen molar-refractivity contribution in [1.82, 2.24) is 0 Å². The molecule has 0 aliphatic heterocycles. The van der Waals surface area contributed by atoms with Gasteiger partial charge < -0.3 is 0 Å². The van der Waals surface area contributed by atoms with Gasteiger partial charge in [-0.3, -0.25) is 0 Å². The average molecular weight is 178 g/mol. The van der Waals surface area contributed by atoms with Crippen LogP contribution in [0.4, 0.5) is 0 Å². The molecule has 1 rings (SSSR count). The van der Waals surface area contributed by atoms with Crippen molar-refractivity contribution in [3.63, 3.8) is 0 Å². The first-order valence-electron chi connectivity index (χ1n) is 5.66. The summed E-state index contributed by atoms with van der Waals surface area (Å²) in [6, 6.07) is 0. The summed E-state index contributed by atoms with van der Waals surface area (Å²) in [5.41, 5.74) is 1.59. The van der Waals surface area contributed by atoms with Gasteiger partial charge in [0.15, 0.2) is 0 Å². The van der Waals surface area contributed by atoms with Gasteiger partial charge in [0.1, 0.15) is 0 Å². The fourth-order valence-electron chi connectivity index (χ4n) is 1.90. The Hall–Kier alpha value is -0.520. The molecule has 0 radical (unpaired) electrons. The summed E-state index contributed by atoms with van der Waals surface area (Å²) < 4.78 is 0. The van der Waals surface area contributed by atoms with Gasteiger partial charge in [-0.15, -0.1) is 0 Å². The van der Waals surface area contributed by atoms with E-state index in [1.54, 1.807) is 5.57 Å². The molecule has 0 aromatic carbocycles. The molecule has 2 atom stereocenters. The van der Waals surface area contributed by atoms with Crippen LogP contribution in [-0.2, 0) is 0 Å². The zero-order valence-corrected chi connectivity index (χ0v) is 9.22. The lowest BCUT2D eigenvalue weighted by atomic mass is 9.85. The van der Waals surface area contributed by atoms with Gasteiger partial charge in [-0.05, 0) is 36.7 Å². The Morgan fingerprint density at radius 2 is 2.31 bits per heavy atom. The Balaban J connectivity index is 2.68. The Bertz CT molecular complexity index is 198. The summed E-state index contributed by atoms with van der Waals surface area (Å²) in [6.45, 7) is 6.87. The summed E-state index contributed by atoms with van der Waals surface area (Å²) in [7, 11) is 0. The molecule has 0 saturated heterocycles. The summed E-state index contributed by atoms with van der Waals surface area (Å²) in [5, 5.41) is 0. The minimum atomic E-state index is 0.742. The number of hydrogen-bond acceptors (Lipinski definition) is 0. The summed E-state index contributed by atoms with van der Waals surface area (Å²) >= 11 is 0. The van der Waals surface area contributed by atoms with Gasteiger partial charge in [0, 0.05) is 0 Å². The first kappa shape index (κ1) is 10.6. The molecule has 0 heterocycles. The molecule has 0 spiro atoms. The minimum Gasteiger partial charge on any atom is -0.0842 e. The highest BCUT2D eigenvalue weighted by Crippen LogP contribution is 2.28. The summed E-state index contributed by atoms with van der Waals surface area (Å²) in [6.07, 6.45) is 12.3. The molecule has 0 nitrogen and oxygen atoms in total. The Morgan fingerprint density at radius 1 is 1.54 bits per heavy atom. The van der Waals surface area contributed by atoms with Crippen LogP contribution in [0.5, 0.6) is 0 Å². The van der Waals surface area contributed by atoms with E-state index in [0.717, 1.165) is 11.8 Å². The van der Waals surface area contributed by atoms with Gasteiger partial charge in [0.2, 0.25) is 0 Å². The molecule has 1 aliphatic rings. The first-order chi connectivity index (χ1) is 6.27. The lowest BCUT2D eigenvalue weighted by Gasteiger charge is -2.20. The molecule has 13 heavy (non-hydrogen) atoms. The fraction of sp³-hybridized carbons (Fsp3) is 0.692. The van der Waals surface area contributed by atoms with Crippen molar-refractivity contribution in [1.29, 1.82) is 0 Å². The van der Waals surface area contributed by atoms with Crippen LogP contribution in [0.3, 0.4) is 0 Å². The van der Waals surface area contributed by atoms with Crippen LogP contribution < -0.4 is 0 Å². The third-order valence-corrected chi connectivity index (χ3v) is 3.08. The van der Waals surface area contributed by atoms with Crippen LogP contribution in [0.1, 0.15) is 46.5 Å². The molecule has 1 aliphatic carbocycles. The van der Waals surface area contributed by atoms with Crippen molar-refractivity contribution in [3.8, 4) is 0 Å². The Morgan fingerprint density at radius 3 is 2.92 bits per heavy atom. The van der Waals surface area contributed by atoms with E-state index in [0.29, 0.717) is 0 Å². The highest BCUT2D eigenvalue weighted by Gasteiger charge is 2.13. The first-order valence-corrected chi connectivity index (χ1v) is 5.66. The lowest BCUT2D eigenvalue weighted by molar-refractivity contribution is 0.536. The van der Waals surface area contributed by atoms with Crippen LogP contribution in [0.25, 0.3) is 0 Å². The molecular formula is C13H22. The zero-order chi connectivity index (χ0) is 9.68. The van der Waals surface area contributed by atoms with Crippen LogP contribution in [-0.4, -0.2) is 0 Å². The molecule has 2 unspecified atom stereocenters. The summed E-state index contributed by atoms with van der Waals surface area (Å²) in [5.74, 6) is 1.57. The second-order valence-corrected chi connectivity index (χ2v) is 4.14. The molecule has 0 fully saturated rings. The van der Waals surface area contributed by atoms with Crippen LogP contribution in [0.15, 0.2) is 23.8 Å². The maximum absolute atomic E-state index is 2.46. The van der Waals surface area contributed by atoms with E-state index in [4.69, 9.17) is 0 Å². The predicted octanol–water partition coefficient (Wildman–Crippen LogP) is 4.34. The quantitative estimate of drug-likeness (QED) is 0.603. The summed E-state index contributed by atoms with van der Waals surface area (Å²) in [4.78, 5) is 0. The van der Waals surface area contributed by atoms with Crippen molar-refractivity contribution in [2.75, 3.05) is 0 Å². The third-order valence-electron chi connectivity index (χ3n) is 3.08. The zero-order valence-electron chi connectivity index (χ0n) is 9.22. The molecule has 0 bridgehead atoms. The van der Waals surface area contributed by atoms with Crippen molar-refractivity contribution in [3.05, 3.63) is 23.8 Å². The topological polar surface area (TPSA) is 0 Å². The van der Waals surface area contributed by atoms with Gasteiger partial charge in [-0.25, -0.2) is 0 Å². The molecule has 74 valence electrons. The maximum Gasteiger partial charge on any atom is -0.0165 e. The monoisotopic (exact) mass is 178 g/mol. The largest absolute Gasteiger partial charge is 0.0842 e. The van der Waals surface area contributed by atoms with Crippen molar-refractivity contribution >= 4 is 0 Å². The van der Waals surface area contributed by atoms with Crippen LogP contribution >= 0.6 is 0 Å². The van der Waals surface area contributed by atoms with Gasteiger partial charge >= 0.3 is 0 Å². The van der Waals surface area contributed by atoms with E-state index < -0.39 is 0 Å². The van der Waals surface area contributed by atoms with Gasteiger partial charge in [-0.1, -0.05) is 45.4 Å². The molecular weight excluding hydrogens is 156 g/mol. The van der Waals surface area contributed by atoms with Gasteiger partial charge in [-0.2, -0.15) is 0 Å². The van der Waals surface area contributed by atoms with Crippen molar-refractivity contribution < 1.29 is 0 Å². The van der Waals surface area contributed by atoms with E-state index in [1.165, 1.54) is 25.7 Å². The number of allylic oxidation sites excluding steroid dienone is 4. The van der Waals surface area contributed by atoms with E-state index in [1.807, 2.05) is 0 Å². The van der Waals surface area contributed by atoms with Crippen LogP contribution in [0.2, 0.25) is 0 Å². The SMILES string of the molecule is CCC(C)/C=C1/C=CCCC1CC. The number of rotatable bonds is 3. The second kappa shape index (κ2) is 5.26. The van der Waals surface area contributed by atoms with Gasteiger partial charge in [0.25, 0.3) is 0 Å². The maximum atomic E-state index is 2.46. The highest BCUT2D eigenvalue weighted by atomic mass is 14.2. The smallest absolute Gasteiger partial charge is 0.0165 e. The molecule has 0 aromatic heterocycles. The molecule has 0 aromatic rings. The normalized spacial score (nSPS) is 27.9. The van der Waals surface area contributed by atoms with E-state index in [2.05, 4.69) is 39.0 Å². The molecule has 0 N–H and O–H groups in total. The van der Waals surface area contributed by atoms with E-state index in [-0.39, 0.29) is 0 Å². The van der Waals surface area contributed by atoms with Crippen molar-refractivity contribution in [2.24, 2.45) is 11.8 Å². The van der Waals surface area contributed by atoms with E-state index >= 15 is 0 Å².